The van der Waals surface area contributed by atoms with Crippen molar-refractivity contribution in [2.24, 2.45) is 0 Å². The topological polar surface area (TPSA) is 69.9 Å². The van der Waals surface area contributed by atoms with E-state index >= 15 is 0 Å². The highest BCUT2D eigenvalue weighted by atomic mass is 32.2. The number of hydrogen-bond acceptors (Lipinski definition) is 6. The molecule has 0 fully saturated rings. The highest BCUT2D eigenvalue weighted by molar-refractivity contribution is 8.00. The molecule has 0 N–H and O–H groups in total. The van der Waals surface area contributed by atoms with Crippen LogP contribution in [0.3, 0.4) is 0 Å². The van der Waals surface area contributed by atoms with Gasteiger partial charge in [-0.3, -0.25) is 4.79 Å². The average molecular weight is 278 g/mol. The number of benzene rings is 1. The zero-order chi connectivity index (χ0) is 13.8. The van der Waals surface area contributed by atoms with Gasteiger partial charge in [-0.2, -0.15) is 4.68 Å². The number of hydrogen-bond donors (Lipinski definition) is 0. The van der Waals surface area contributed by atoms with Gasteiger partial charge in [0.25, 0.3) is 0 Å². The predicted molar refractivity (Wildman–Crippen MR) is 71.7 cm³/mol. The lowest BCUT2D eigenvalue weighted by molar-refractivity contribution is -0.116. The van der Waals surface area contributed by atoms with Gasteiger partial charge in [-0.25, -0.2) is 0 Å². The van der Waals surface area contributed by atoms with Crippen LogP contribution in [0.4, 0.5) is 0 Å². The SMILES string of the molecule is COc1ccccc1-n1nnnc1SC(C)C(C)=O. The van der Waals surface area contributed by atoms with E-state index in [9.17, 15) is 4.79 Å². The Morgan fingerprint density at radius 3 is 2.84 bits per heavy atom. The molecule has 0 saturated heterocycles. The third-order valence-electron chi connectivity index (χ3n) is 2.61. The van der Waals surface area contributed by atoms with E-state index in [0.717, 1.165) is 5.69 Å². The van der Waals surface area contributed by atoms with Gasteiger partial charge >= 0.3 is 0 Å². The fraction of sp³-hybridized carbons (Fsp3) is 0.333. The Morgan fingerprint density at radius 2 is 2.16 bits per heavy atom. The molecular weight excluding hydrogens is 264 g/mol. The van der Waals surface area contributed by atoms with Crippen molar-refractivity contribution in [1.82, 2.24) is 20.2 Å². The fourth-order valence-corrected chi connectivity index (χ4v) is 2.25. The number of para-hydroxylation sites is 2. The molecule has 0 aliphatic heterocycles. The standard InChI is InChI=1S/C12H14N4O2S/c1-8(17)9(2)19-12-13-14-15-16(12)10-6-4-5-7-11(10)18-3/h4-7,9H,1-3H3. The summed E-state index contributed by atoms with van der Waals surface area (Å²) in [6.45, 7) is 3.38. The third-order valence-corrected chi connectivity index (χ3v) is 3.76. The summed E-state index contributed by atoms with van der Waals surface area (Å²) in [5.41, 5.74) is 0.744. The summed E-state index contributed by atoms with van der Waals surface area (Å²) in [6.07, 6.45) is 0. The first kappa shape index (κ1) is 13.5. The van der Waals surface area contributed by atoms with E-state index < -0.39 is 0 Å². The normalized spacial score (nSPS) is 12.2. The fourth-order valence-electron chi connectivity index (χ4n) is 1.45. The molecule has 0 amide bonds. The zero-order valence-corrected chi connectivity index (χ0v) is 11.7. The minimum Gasteiger partial charge on any atom is -0.494 e. The summed E-state index contributed by atoms with van der Waals surface area (Å²) in [5.74, 6) is 0.756. The second kappa shape index (κ2) is 5.83. The molecule has 100 valence electrons. The molecule has 1 unspecified atom stereocenters. The first-order valence-corrected chi connectivity index (χ1v) is 6.60. The second-order valence-corrected chi connectivity index (χ2v) is 5.22. The van der Waals surface area contributed by atoms with Gasteiger partial charge in [-0.1, -0.05) is 23.9 Å². The number of rotatable bonds is 5. The van der Waals surface area contributed by atoms with Crippen molar-refractivity contribution in [3.8, 4) is 11.4 Å². The molecular formula is C12H14N4O2S. The lowest BCUT2D eigenvalue weighted by Gasteiger charge is -2.10. The maximum atomic E-state index is 11.3. The lowest BCUT2D eigenvalue weighted by Crippen LogP contribution is -2.10. The number of aromatic nitrogens is 4. The van der Waals surface area contributed by atoms with E-state index in [-0.39, 0.29) is 11.0 Å². The lowest BCUT2D eigenvalue weighted by atomic mass is 10.3. The van der Waals surface area contributed by atoms with Crippen molar-refractivity contribution in [3.05, 3.63) is 24.3 Å². The van der Waals surface area contributed by atoms with Crippen molar-refractivity contribution < 1.29 is 9.53 Å². The average Bonchev–Trinajstić information content (AvgIpc) is 2.86. The molecule has 1 aromatic heterocycles. The van der Waals surface area contributed by atoms with Crippen molar-refractivity contribution in [2.75, 3.05) is 7.11 Å². The number of carbonyl (C=O) groups is 1. The van der Waals surface area contributed by atoms with Gasteiger partial charge in [-0.15, -0.1) is 5.10 Å². The molecule has 1 heterocycles. The molecule has 6 nitrogen and oxygen atoms in total. The van der Waals surface area contributed by atoms with Crippen molar-refractivity contribution in [3.63, 3.8) is 0 Å². The third kappa shape index (κ3) is 2.93. The minimum atomic E-state index is -0.195. The molecule has 0 aliphatic carbocycles. The van der Waals surface area contributed by atoms with Gasteiger partial charge in [0.15, 0.2) is 0 Å². The van der Waals surface area contributed by atoms with Crippen LogP contribution in [0.5, 0.6) is 5.75 Å². The number of nitrogens with zero attached hydrogens (tertiary/aromatic N) is 4. The van der Waals surface area contributed by atoms with E-state index in [2.05, 4.69) is 15.5 Å². The van der Waals surface area contributed by atoms with E-state index in [4.69, 9.17) is 4.74 Å². The molecule has 0 aliphatic rings. The Kier molecular flexibility index (Phi) is 4.16. The summed E-state index contributed by atoms with van der Waals surface area (Å²) < 4.78 is 6.86. The monoisotopic (exact) mass is 278 g/mol. The number of methoxy groups -OCH3 is 1. The number of ketones is 1. The van der Waals surface area contributed by atoms with Crippen LogP contribution in [0, 0.1) is 0 Å². The Labute approximate surface area is 115 Å². The number of carbonyl (C=O) groups excluding carboxylic acids is 1. The maximum Gasteiger partial charge on any atom is 0.214 e. The highest BCUT2D eigenvalue weighted by Crippen LogP contribution is 2.27. The van der Waals surface area contributed by atoms with Gasteiger partial charge < -0.3 is 4.74 Å². The predicted octanol–water partition coefficient (Wildman–Crippen LogP) is 1.74. The van der Waals surface area contributed by atoms with Crippen LogP contribution >= 0.6 is 11.8 Å². The number of tetrazole rings is 1. The number of Topliss-reactive ketones (excluding diaryl/α,β-unsaturated/α-hetero) is 1. The van der Waals surface area contributed by atoms with Crippen LogP contribution in [-0.4, -0.2) is 38.4 Å². The van der Waals surface area contributed by atoms with Gasteiger partial charge in [0.05, 0.1) is 12.4 Å². The molecule has 0 spiro atoms. The quantitative estimate of drug-likeness (QED) is 0.776. The highest BCUT2D eigenvalue weighted by Gasteiger charge is 2.17. The summed E-state index contributed by atoms with van der Waals surface area (Å²) in [5, 5.41) is 11.9. The van der Waals surface area contributed by atoms with Crippen molar-refractivity contribution >= 4 is 17.5 Å². The molecule has 1 aromatic carbocycles. The van der Waals surface area contributed by atoms with Crippen molar-refractivity contribution in [2.45, 2.75) is 24.3 Å². The maximum absolute atomic E-state index is 11.3. The Hall–Kier alpha value is -1.89. The molecule has 7 heteroatoms. The van der Waals surface area contributed by atoms with Crippen molar-refractivity contribution in [1.29, 1.82) is 0 Å². The number of thioether (sulfide) groups is 1. The molecule has 2 rings (SSSR count). The molecule has 1 atom stereocenters. The molecule has 0 bridgehead atoms. The van der Waals surface area contributed by atoms with Gasteiger partial charge in [0, 0.05) is 0 Å². The first-order valence-electron chi connectivity index (χ1n) is 5.72. The van der Waals surface area contributed by atoms with Crippen LogP contribution < -0.4 is 4.74 Å². The smallest absolute Gasteiger partial charge is 0.214 e. The Morgan fingerprint density at radius 1 is 1.42 bits per heavy atom. The summed E-state index contributed by atoms with van der Waals surface area (Å²) >= 11 is 1.32. The number of ether oxygens (including phenoxy) is 1. The van der Waals surface area contributed by atoms with Crippen LogP contribution in [-0.2, 0) is 4.79 Å². The molecule has 0 saturated carbocycles. The molecule has 0 radical (unpaired) electrons. The zero-order valence-electron chi connectivity index (χ0n) is 10.9. The van der Waals surface area contributed by atoms with E-state index in [1.165, 1.54) is 11.8 Å². The van der Waals surface area contributed by atoms with Crippen LogP contribution in [0.1, 0.15) is 13.8 Å². The van der Waals surface area contributed by atoms with E-state index in [0.29, 0.717) is 10.9 Å². The van der Waals surface area contributed by atoms with E-state index in [1.54, 1.807) is 18.7 Å². The first-order chi connectivity index (χ1) is 9.13. The Balaban J connectivity index is 2.36. The summed E-state index contributed by atoms with van der Waals surface area (Å²) in [4.78, 5) is 11.3. The summed E-state index contributed by atoms with van der Waals surface area (Å²) in [7, 11) is 1.59. The second-order valence-electron chi connectivity index (χ2n) is 3.92. The minimum absolute atomic E-state index is 0.0829. The molecule has 19 heavy (non-hydrogen) atoms. The largest absolute Gasteiger partial charge is 0.494 e. The Bertz CT molecular complexity index is 585. The summed E-state index contributed by atoms with van der Waals surface area (Å²) in [6, 6.07) is 7.44. The van der Waals surface area contributed by atoms with Gasteiger partial charge in [-0.05, 0) is 36.4 Å². The molecule has 2 aromatic rings. The van der Waals surface area contributed by atoms with Crippen LogP contribution in [0.2, 0.25) is 0 Å². The van der Waals surface area contributed by atoms with E-state index in [1.807, 2.05) is 31.2 Å². The van der Waals surface area contributed by atoms with Gasteiger partial charge in [0.1, 0.15) is 17.2 Å². The van der Waals surface area contributed by atoms with Gasteiger partial charge in [0.2, 0.25) is 5.16 Å². The van der Waals surface area contributed by atoms with Crippen LogP contribution in [0.15, 0.2) is 29.4 Å². The van der Waals surface area contributed by atoms with Crippen LogP contribution in [0.25, 0.3) is 5.69 Å².